The first-order chi connectivity index (χ1) is 9.85. The number of nitrogens with one attached hydrogen (secondary N) is 1. The van der Waals surface area contributed by atoms with E-state index in [1.54, 1.807) is 6.92 Å². The topological polar surface area (TPSA) is 32.3 Å². The highest BCUT2D eigenvalue weighted by Gasteiger charge is 2.68. The van der Waals surface area contributed by atoms with Gasteiger partial charge in [-0.2, -0.15) is 0 Å². The van der Waals surface area contributed by atoms with Gasteiger partial charge in [0.15, 0.2) is 5.11 Å². The summed E-state index contributed by atoms with van der Waals surface area (Å²) in [4.78, 5) is 14.3. The maximum Gasteiger partial charge on any atom is 0.235 e. The number of carbonyl (C=O) groups is 1. The molecule has 1 saturated carbocycles. The number of aryl methyl sites for hydroxylation is 1. The number of carbonyl (C=O) groups excluding carboxylic acids is 1. The Bertz CT molecular complexity index is 619. The van der Waals surface area contributed by atoms with E-state index in [0.29, 0.717) is 11.5 Å². The van der Waals surface area contributed by atoms with E-state index >= 15 is 0 Å². The maximum atomic E-state index is 12.3. The third-order valence-electron chi connectivity index (χ3n) is 4.33. The van der Waals surface area contributed by atoms with E-state index in [-0.39, 0.29) is 5.91 Å². The SMILES string of the molecule is CC1(C(=O)NC(=S)N2CCCc3ccccc32)CC1(Cl)Cl. The summed E-state index contributed by atoms with van der Waals surface area (Å²) in [5, 5.41) is 3.22. The molecule has 1 aromatic carbocycles. The number of hydrogen-bond acceptors (Lipinski definition) is 2. The monoisotopic (exact) mass is 342 g/mol. The van der Waals surface area contributed by atoms with E-state index in [1.807, 2.05) is 23.1 Å². The Hall–Kier alpha value is -0.840. The highest BCUT2D eigenvalue weighted by molar-refractivity contribution is 7.80. The molecule has 3 rings (SSSR count). The lowest BCUT2D eigenvalue weighted by Crippen LogP contribution is -2.47. The Morgan fingerprint density at radius 2 is 2.05 bits per heavy atom. The summed E-state index contributed by atoms with van der Waals surface area (Å²) >= 11 is 17.5. The Labute approximate surface area is 139 Å². The minimum Gasteiger partial charge on any atom is -0.318 e. The Morgan fingerprint density at radius 1 is 1.38 bits per heavy atom. The van der Waals surface area contributed by atoms with E-state index < -0.39 is 9.75 Å². The van der Waals surface area contributed by atoms with Gasteiger partial charge in [-0.1, -0.05) is 18.2 Å². The summed E-state index contributed by atoms with van der Waals surface area (Å²) in [6.45, 7) is 2.56. The largest absolute Gasteiger partial charge is 0.318 e. The Balaban J connectivity index is 1.74. The van der Waals surface area contributed by atoms with Crippen molar-refractivity contribution in [2.75, 3.05) is 11.4 Å². The number of fused-ring (bicyclic) bond motifs is 1. The molecule has 1 fully saturated rings. The van der Waals surface area contributed by atoms with Crippen molar-refractivity contribution >= 4 is 52.1 Å². The van der Waals surface area contributed by atoms with E-state index in [1.165, 1.54) is 5.56 Å². The molecule has 6 heteroatoms. The maximum absolute atomic E-state index is 12.3. The lowest BCUT2D eigenvalue weighted by Gasteiger charge is -2.31. The van der Waals surface area contributed by atoms with Gasteiger partial charge in [0.25, 0.3) is 0 Å². The fourth-order valence-corrected chi connectivity index (χ4v) is 3.68. The van der Waals surface area contributed by atoms with Crippen LogP contribution in [-0.2, 0) is 11.2 Å². The van der Waals surface area contributed by atoms with Gasteiger partial charge < -0.3 is 10.2 Å². The summed E-state index contributed by atoms with van der Waals surface area (Å²) in [5.41, 5.74) is 1.56. The van der Waals surface area contributed by atoms with Crippen molar-refractivity contribution in [1.82, 2.24) is 5.32 Å². The molecule has 1 heterocycles. The van der Waals surface area contributed by atoms with Crippen LogP contribution in [0, 0.1) is 5.41 Å². The molecule has 1 unspecified atom stereocenters. The molecular weight excluding hydrogens is 327 g/mol. The normalized spacial score (nSPS) is 26.0. The van der Waals surface area contributed by atoms with Crippen LogP contribution in [0.2, 0.25) is 0 Å². The van der Waals surface area contributed by atoms with E-state index in [4.69, 9.17) is 35.4 Å². The summed E-state index contributed by atoms with van der Waals surface area (Å²) in [5.74, 6) is -0.208. The molecule has 21 heavy (non-hydrogen) atoms. The first-order valence-corrected chi connectivity index (χ1v) is 8.10. The van der Waals surface area contributed by atoms with Crippen molar-refractivity contribution in [3.63, 3.8) is 0 Å². The van der Waals surface area contributed by atoms with Crippen LogP contribution in [0.3, 0.4) is 0 Å². The summed E-state index contributed by atoms with van der Waals surface area (Å²) in [7, 11) is 0. The molecule has 1 atom stereocenters. The molecule has 1 aliphatic carbocycles. The Morgan fingerprint density at radius 3 is 2.71 bits per heavy atom. The van der Waals surface area contributed by atoms with E-state index in [2.05, 4.69) is 11.4 Å². The zero-order valence-electron chi connectivity index (χ0n) is 11.7. The number of para-hydroxylation sites is 1. The van der Waals surface area contributed by atoms with Crippen molar-refractivity contribution in [2.45, 2.75) is 30.5 Å². The number of alkyl halides is 2. The number of halogens is 2. The molecule has 0 bridgehead atoms. The van der Waals surface area contributed by atoms with Crippen LogP contribution in [0.1, 0.15) is 25.3 Å². The number of thiocarbonyl (C=S) groups is 1. The third kappa shape index (κ3) is 2.54. The van der Waals surface area contributed by atoms with Gasteiger partial charge in [0.1, 0.15) is 4.33 Å². The average molecular weight is 343 g/mol. The van der Waals surface area contributed by atoms with Crippen LogP contribution < -0.4 is 10.2 Å². The quantitative estimate of drug-likeness (QED) is 0.626. The minimum absolute atomic E-state index is 0.208. The zero-order valence-corrected chi connectivity index (χ0v) is 14.0. The molecule has 1 aromatic rings. The fourth-order valence-electron chi connectivity index (χ4n) is 2.69. The second kappa shape index (κ2) is 5.11. The molecule has 1 aliphatic heterocycles. The van der Waals surface area contributed by atoms with Gasteiger partial charge in [-0.3, -0.25) is 4.79 Å². The summed E-state index contributed by atoms with van der Waals surface area (Å²) < 4.78 is -0.980. The molecule has 112 valence electrons. The van der Waals surface area contributed by atoms with Crippen LogP contribution in [0.15, 0.2) is 24.3 Å². The summed E-state index contributed by atoms with van der Waals surface area (Å²) in [6, 6.07) is 8.12. The number of hydrogen-bond donors (Lipinski definition) is 1. The van der Waals surface area contributed by atoms with Gasteiger partial charge >= 0.3 is 0 Å². The first kappa shape index (κ1) is 15.1. The first-order valence-electron chi connectivity index (χ1n) is 6.94. The van der Waals surface area contributed by atoms with Crippen molar-refractivity contribution in [3.8, 4) is 0 Å². The molecule has 0 saturated heterocycles. The van der Waals surface area contributed by atoms with Gasteiger partial charge in [0, 0.05) is 12.2 Å². The lowest BCUT2D eigenvalue weighted by atomic mass is 10.0. The van der Waals surface area contributed by atoms with Gasteiger partial charge in [-0.25, -0.2) is 0 Å². The van der Waals surface area contributed by atoms with Crippen molar-refractivity contribution in [1.29, 1.82) is 0 Å². The van der Waals surface area contributed by atoms with Crippen LogP contribution in [0.25, 0.3) is 0 Å². The van der Waals surface area contributed by atoms with Crippen LogP contribution in [0.5, 0.6) is 0 Å². The van der Waals surface area contributed by atoms with Crippen molar-refractivity contribution in [2.24, 2.45) is 5.41 Å². The second-order valence-electron chi connectivity index (χ2n) is 5.86. The van der Waals surface area contributed by atoms with Crippen molar-refractivity contribution in [3.05, 3.63) is 29.8 Å². The molecule has 2 aliphatic rings. The predicted molar refractivity (Wildman–Crippen MR) is 90.0 cm³/mol. The van der Waals surface area contributed by atoms with Crippen LogP contribution in [-0.4, -0.2) is 21.9 Å². The molecule has 0 aromatic heterocycles. The second-order valence-corrected chi connectivity index (χ2v) is 7.73. The summed E-state index contributed by atoms with van der Waals surface area (Å²) in [6.07, 6.45) is 2.50. The molecule has 3 nitrogen and oxygen atoms in total. The standard InChI is InChI=1S/C15H16Cl2N2OS/c1-14(9-15(14,16)17)12(20)18-13(21)19-8-4-6-10-5-2-3-7-11(10)19/h2-3,5,7H,4,6,8-9H2,1H3,(H,18,20,21). The number of nitrogens with zero attached hydrogens (tertiary/aromatic N) is 1. The highest BCUT2D eigenvalue weighted by Crippen LogP contribution is 2.63. The fraction of sp³-hybridized carbons (Fsp3) is 0.467. The predicted octanol–water partition coefficient (Wildman–Crippen LogP) is 3.42. The molecule has 1 N–H and O–H groups in total. The molecule has 1 amide bonds. The average Bonchev–Trinajstić information content (AvgIpc) is 2.98. The van der Waals surface area contributed by atoms with Crippen LogP contribution >= 0.6 is 35.4 Å². The van der Waals surface area contributed by atoms with E-state index in [0.717, 1.165) is 25.1 Å². The minimum atomic E-state index is -0.980. The highest BCUT2D eigenvalue weighted by atomic mass is 35.5. The molecule has 0 spiro atoms. The van der Waals surface area contributed by atoms with Crippen LogP contribution in [0.4, 0.5) is 5.69 Å². The van der Waals surface area contributed by atoms with Gasteiger partial charge in [-0.15, -0.1) is 23.2 Å². The van der Waals surface area contributed by atoms with E-state index in [9.17, 15) is 4.79 Å². The smallest absolute Gasteiger partial charge is 0.235 e. The van der Waals surface area contributed by atoms with Crippen molar-refractivity contribution < 1.29 is 4.79 Å². The lowest BCUT2D eigenvalue weighted by molar-refractivity contribution is -0.124. The molecule has 0 radical (unpaired) electrons. The zero-order chi connectivity index (χ0) is 15.3. The Kier molecular flexibility index (Phi) is 3.67. The van der Waals surface area contributed by atoms with Gasteiger partial charge in [0.2, 0.25) is 5.91 Å². The number of rotatable bonds is 1. The van der Waals surface area contributed by atoms with Gasteiger partial charge in [-0.05, 0) is 50.0 Å². The number of anilines is 1. The number of benzene rings is 1. The third-order valence-corrected chi connectivity index (χ3v) is 5.76. The molecular formula is C15H16Cl2N2OS. The van der Waals surface area contributed by atoms with Gasteiger partial charge in [0.05, 0.1) is 5.41 Å². The number of amides is 1.